The molecule has 2 aromatic rings. The van der Waals surface area contributed by atoms with Crippen molar-refractivity contribution in [1.82, 2.24) is 10.3 Å². The molecule has 0 spiro atoms. The summed E-state index contributed by atoms with van der Waals surface area (Å²) in [7, 11) is 0. The van der Waals surface area contributed by atoms with Crippen LogP contribution in [0.2, 0.25) is 5.02 Å². The molecular formula is C14H15ClN2S2. The molecule has 0 atom stereocenters. The van der Waals surface area contributed by atoms with Gasteiger partial charge in [-0.25, -0.2) is 4.98 Å². The molecule has 1 aromatic heterocycles. The van der Waals surface area contributed by atoms with Gasteiger partial charge in [0.25, 0.3) is 0 Å². The zero-order chi connectivity index (χ0) is 13.1. The van der Waals surface area contributed by atoms with E-state index in [1.165, 1.54) is 17.7 Å². The molecule has 1 heterocycles. The number of hydrogen-bond acceptors (Lipinski definition) is 4. The summed E-state index contributed by atoms with van der Waals surface area (Å²) in [6.45, 7) is 0.957. The van der Waals surface area contributed by atoms with Crippen LogP contribution in [-0.4, -0.2) is 11.0 Å². The van der Waals surface area contributed by atoms with E-state index in [0.29, 0.717) is 0 Å². The molecular weight excluding hydrogens is 296 g/mol. The average Bonchev–Trinajstić information content (AvgIpc) is 3.14. The van der Waals surface area contributed by atoms with Crippen LogP contribution in [0.25, 0.3) is 0 Å². The average molecular weight is 311 g/mol. The molecule has 3 rings (SSSR count). The fraction of sp³-hybridized carbons (Fsp3) is 0.357. The highest BCUT2D eigenvalue weighted by molar-refractivity contribution is 7.98. The van der Waals surface area contributed by atoms with Crippen molar-refractivity contribution in [2.45, 2.75) is 36.1 Å². The van der Waals surface area contributed by atoms with E-state index in [2.05, 4.69) is 16.4 Å². The van der Waals surface area contributed by atoms with Crippen molar-refractivity contribution >= 4 is 34.7 Å². The normalized spacial score (nSPS) is 14.8. The van der Waals surface area contributed by atoms with Gasteiger partial charge in [-0.2, -0.15) is 0 Å². The van der Waals surface area contributed by atoms with Crippen molar-refractivity contribution in [3.8, 4) is 0 Å². The van der Waals surface area contributed by atoms with E-state index in [9.17, 15) is 0 Å². The number of halogens is 1. The molecule has 1 N–H and O–H groups in total. The minimum absolute atomic E-state index is 0.753. The first-order valence-electron chi connectivity index (χ1n) is 6.35. The molecule has 0 radical (unpaired) electrons. The third-order valence-electron chi connectivity index (χ3n) is 2.93. The van der Waals surface area contributed by atoms with Crippen LogP contribution < -0.4 is 5.32 Å². The molecule has 0 saturated heterocycles. The lowest BCUT2D eigenvalue weighted by Gasteiger charge is -2.01. The first-order valence-corrected chi connectivity index (χ1v) is 8.53. The molecule has 1 saturated carbocycles. The standard InChI is InChI=1S/C14H15ClN2S2/c15-12-3-1-2-4-13(12)18-9-14-17-8-11(19-14)7-16-10-5-6-10/h1-4,8,10,16H,5-7,9H2. The predicted octanol–water partition coefficient (Wildman–Crippen LogP) is 4.34. The topological polar surface area (TPSA) is 24.9 Å². The lowest BCUT2D eigenvalue weighted by molar-refractivity contribution is 0.694. The van der Waals surface area contributed by atoms with E-state index in [4.69, 9.17) is 11.6 Å². The SMILES string of the molecule is Clc1ccccc1SCc1ncc(CNC2CC2)s1. The third kappa shape index (κ3) is 3.96. The summed E-state index contributed by atoms with van der Waals surface area (Å²) in [4.78, 5) is 6.92. The summed E-state index contributed by atoms with van der Waals surface area (Å²) in [6.07, 6.45) is 4.64. The molecule has 0 amide bonds. The molecule has 2 nitrogen and oxygen atoms in total. The second-order valence-electron chi connectivity index (χ2n) is 4.59. The van der Waals surface area contributed by atoms with Gasteiger partial charge >= 0.3 is 0 Å². The van der Waals surface area contributed by atoms with Gasteiger partial charge in [0, 0.05) is 28.6 Å². The Bertz CT molecular complexity index is 552. The molecule has 5 heteroatoms. The van der Waals surface area contributed by atoms with Gasteiger partial charge < -0.3 is 5.32 Å². The van der Waals surface area contributed by atoms with Crippen LogP contribution in [0.15, 0.2) is 35.4 Å². The second kappa shape index (κ2) is 6.27. The van der Waals surface area contributed by atoms with Crippen LogP contribution >= 0.6 is 34.7 Å². The number of thiazole rings is 1. The Hall–Kier alpha value is -0.550. The van der Waals surface area contributed by atoms with Gasteiger partial charge in [0.05, 0.1) is 10.8 Å². The summed E-state index contributed by atoms with van der Waals surface area (Å²) in [5, 5.41) is 5.50. The number of rotatable bonds is 6. The zero-order valence-electron chi connectivity index (χ0n) is 10.4. The van der Waals surface area contributed by atoms with Crippen molar-refractivity contribution in [3.63, 3.8) is 0 Å². The molecule has 1 fully saturated rings. The van der Waals surface area contributed by atoms with Gasteiger partial charge in [0.1, 0.15) is 5.01 Å². The van der Waals surface area contributed by atoms with Crippen molar-refractivity contribution in [1.29, 1.82) is 0 Å². The summed E-state index contributed by atoms with van der Waals surface area (Å²) in [6, 6.07) is 8.70. The fourth-order valence-electron chi connectivity index (χ4n) is 1.73. The van der Waals surface area contributed by atoms with E-state index in [1.807, 2.05) is 24.4 Å². The smallest absolute Gasteiger partial charge is 0.103 e. The molecule has 100 valence electrons. The van der Waals surface area contributed by atoms with Crippen LogP contribution in [0.4, 0.5) is 0 Å². The largest absolute Gasteiger partial charge is 0.309 e. The molecule has 0 bridgehead atoms. The van der Waals surface area contributed by atoms with Gasteiger partial charge in [-0.3, -0.25) is 0 Å². The minimum Gasteiger partial charge on any atom is -0.309 e. The number of benzene rings is 1. The maximum Gasteiger partial charge on any atom is 0.103 e. The predicted molar refractivity (Wildman–Crippen MR) is 83.0 cm³/mol. The van der Waals surface area contributed by atoms with Crippen LogP contribution in [0.3, 0.4) is 0 Å². The maximum absolute atomic E-state index is 6.14. The van der Waals surface area contributed by atoms with Crippen molar-refractivity contribution in [3.05, 3.63) is 45.4 Å². The van der Waals surface area contributed by atoms with Crippen molar-refractivity contribution in [2.24, 2.45) is 0 Å². The Labute approximate surface area is 126 Å². The summed E-state index contributed by atoms with van der Waals surface area (Å²) < 4.78 is 0. The van der Waals surface area contributed by atoms with Crippen LogP contribution in [0, 0.1) is 0 Å². The van der Waals surface area contributed by atoms with E-state index in [0.717, 1.165) is 33.3 Å². The number of thioether (sulfide) groups is 1. The monoisotopic (exact) mass is 310 g/mol. The van der Waals surface area contributed by atoms with Crippen LogP contribution in [0.1, 0.15) is 22.7 Å². The third-order valence-corrected chi connectivity index (χ3v) is 5.64. The Balaban J connectivity index is 1.53. The number of hydrogen-bond donors (Lipinski definition) is 1. The Kier molecular flexibility index (Phi) is 4.43. The van der Waals surface area contributed by atoms with Crippen LogP contribution in [0.5, 0.6) is 0 Å². The number of nitrogens with one attached hydrogen (secondary N) is 1. The molecule has 0 unspecified atom stereocenters. The zero-order valence-corrected chi connectivity index (χ0v) is 12.8. The Morgan fingerprint density at radius 3 is 3.00 bits per heavy atom. The highest BCUT2D eigenvalue weighted by atomic mass is 35.5. The quantitative estimate of drug-likeness (QED) is 0.803. The summed E-state index contributed by atoms with van der Waals surface area (Å²) in [5.41, 5.74) is 0. The van der Waals surface area contributed by atoms with E-state index < -0.39 is 0 Å². The van der Waals surface area contributed by atoms with E-state index in [-0.39, 0.29) is 0 Å². The maximum atomic E-state index is 6.14. The minimum atomic E-state index is 0.753. The van der Waals surface area contributed by atoms with E-state index >= 15 is 0 Å². The van der Waals surface area contributed by atoms with Crippen molar-refractivity contribution in [2.75, 3.05) is 0 Å². The van der Waals surface area contributed by atoms with Gasteiger partial charge in [-0.1, -0.05) is 23.7 Å². The summed E-state index contributed by atoms with van der Waals surface area (Å²) >= 11 is 9.68. The summed E-state index contributed by atoms with van der Waals surface area (Å²) in [5.74, 6) is 0.887. The Morgan fingerprint density at radius 1 is 1.37 bits per heavy atom. The van der Waals surface area contributed by atoms with Crippen LogP contribution in [-0.2, 0) is 12.3 Å². The molecule has 0 aliphatic heterocycles. The van der Waals surface area contributed by atoms with Gasteiger partial charge in [0.2, 0.25) is 0 Å². The molecule has 1 aliphatic carbocycles. The molecule has 1 aromatic carbocycles. The van der Waals surface area contributed by atoms with Gasteiger partial charge in [-0.05, 0) is 25.0 Å². The van der Waals surface area contributed by atoms with Gasteiger partial charge in [0.15, 0.2) is 0 Å². The number of nitrogens with zero attached hydrogens (tertiary/aromatic N) is 1. The van der Waals surface area contributed by atoms with E-state index in [1.54, 1.807) is 23.1 Å². The molecule has 19 heavy (non-hydrogen) atoms. The highest BCUT2D eigenvalue weighted by Gasteiger charge is 2.20. The van der Waals surface area contributed by atoms with Gasteiger partial charge in [-0.15, -0.1) is 23.1 Å². The lowest BCUT2D eigenvalue weighted by Crippen LogP contribution is -2.14. The first kappa shape index (κ1) is 13.4. The Morgan fingerprint density at radius 2 is 2.21 bits per heavy atom. The fourth-order valence-corrected chi connectivity index (χ4v) is 3.85. The lowest BCUT2D eigenvalue weighted by atomic mass is 10.4. The van der Waals surface area contributed by atoms with Crippen molar-refractivity contribution < 1.29 is 0 Å². The molecule has 1 aliphatic rings. The highest BCUT2D eigenvalue weighted by Crippen LogP contribution is 2.30. The second-order valence-corrected chi connectivity index (χ2v) is 7.22. The number of aromatic nitrogens is 1. The first-order chi connectivity index (χ1) is 9.31.